The van der Waals surface area contributed by atoms with Gasteiger partial charge in [0.25, 0.3) is 0 Å². The van der Waals surface area contributed by atoms with E-state index < -0.39 is 0 Å². The van der Waals surface area contributed by atoms with Crippen LogP contribution in [0.1, 0.15) is 31.2 Å². The van der Waals surface area contributed by atoms with Crippen molar-refractivity contribution in [1.82, 2.24) is 4.90 Å². The maximum Gasteiger partial charge on any atom is 0.153 e. The minimum atomic E-state index is 0.00622. The highest BCUT2D eigenvalue weighted by molar-refractivity contribution is 7.22. The number of benzene rings is 3. The quantitative estimate of drug-likeness (QED) is 0.205. The molecule has 0 aliphatic carbocycles. The minimum Gasteiger partial charge on any atom is -0.497 e. The molecule has 0 amide bonds. The van der Waals surface area contributed by atoms with Crippen molar-refractivity contribution in [3.05, 3.63) is 72.3 Å². The van der Waals surface area contributed by atoms with Crippen molar-refractivity contribution >= 4 is 21.4 Å². The Kier molecular flexibility index (Phi) is 9.37. The Labute approximate surface area is 234 Å². The summed E-state index contributed by atoms with van der Waals surface area (Å²) in [5.74, 6) is 3.94. The number of likely N-dealkylation sites (tertiary alicyclic amines) is 1. The van der Waals surface area contributed by atoms with E-state index in [0.717, 1.165) is 87.5 Å². The maximum absolute atomic E-state index is 9.62. The third kappa shape index (κ3) is 6.92. The van der Waals surface area contributed by atoms with Crippen molar-refractivity contribution < 1.29 is 24.4 Å². The van der Waals surface area contributed by atoms with Crippen LogP contribution in [0.15, 0.2) is 66.7 Å². The van der Waals surface area contributed by atoms with Crippen LogP contribution in [0.25, 0.3) is 20.5 Å². The van der Waals surface area contributed by atoms with Gasteiger partial charge in [0.1, 0.15) is 23.9 Å². The van der Waals surface area contributed by atoms with Crippen LogP contribution in [-0.4, -0.2) is 55.1 Å². The van der Waals surface area contributed by atoms with Gasteiger partial charge in [0.05, 0.1) is 18.6 Å². The summed E-state index contributed by atoms with van der Waals surface area (Å²) in [4.78, 5) is 3.50. The van der Waals surface area contributed by atoms with E-state index in [0.29, 0.717) is 13.2 Å². The summed E-state index contributed by atoms with van der Waals surface area (Å²) in [6, 6.07) is 21.8. The van der Waals surface area contributed by atoms with Crippen LogP contribution in [0.5, 0.6) is 23.0 Å². The van der Waals surface area contributed by atoms with Gasteiger partial charge in [-0.15, -0.1) is 11.3 Å². The van der Waals surface area contributed by atoms with Crippen molar-refractivity contribution in [3.8, 4) is 33.4 Å². The maximum atomic E-state index is 9.62. The molecule has 1 fully saturated rings. The molecule has 6 nitrogen and oxygen atoms in total. The lowest BCUT2D eigenvalue weighted by Crippen LogP contribution is -2.36. The topological polar surface area (TPSA) is 71.4 Å². The zero-order chi connectivity index (χ0) is 27.0. The molecule has 1 saturated heterocycles. The average Bonchev–Trinajstić information content (AvgIpc) is 3.34. The van der Waals surface area contributed by atoms with Crippen molar-refractivity contribution in [1.29, 1.82) is 0 Å². The van der Waals surface area contributed by atoms with Crippen molar-refractivity contribution in [2.45, 2.75) is 32.3 Å². The Bertz CT molecular complexity index is 1330. The van der Waals surface area contributed by atoms with E-state index in [-0.39, 0.29) is 6.61 Å². The minimum absolute atomic E-state index is 0.00622. The zero-order valence-electron chi connectivity index (χ0n) is 22.5. The summed E-state index contributed by atoms with van der Waals surface area (Å²) in [5, 5.41) is 19.7. The summed E-state index contributed by atoms with van der Waals surface area (Å²) < 4.78 is 18.9. The van der Waals surface area contributed by atoms with Gasteiger partial charge >= 0.3 is 0 Å². The zero-order valence-corrected chi connectivity index (χ0v) is 23.3. The lowest BCUT2D eigenvalue weighted by atomic mass is 9.92. The second kappa shape index (κ2) is 13.3. The van der Waals surface area contributed by atoms with Gasteiger partial charge in [0.2, 0.25) is 0 Å². The molecule has 4 aromatic rings. The third-order valence-corrected chi connectivity index (χ3v) is 8.62. The predicted molar refractivity (Wildman–Crippen MR) is 157 cm³/mol. The second-order valence-corrected chi connectivity index (χ2v) is 11.1. The number of ether oxygens (including phenoxy) is 3. The molecular weight excluding hydrogens is 510 g/mol. The number of aliphatic hydroxyl groups excluding tert-OH is 2. The summed E-state index contributed by atoms with van der Waals surface area (Å²) in [6.07, 6.45) is 4.48. The SMILES string of the molecule is COc1ccc(-c2sc3cc(CO)ccc3c2Oc2ccc(OCCN3CCC(CCCO)CC3)cc2)cc1. The highest BCUT2D eigenvalue weighted by Crippen LogP contribution is 2.47. The van der Waals surface area contributed by atoms with Gasteiger partial charge in [0.15, 0.2) is 5.75 Å². The summed E-state index contributed by atoms with van der Waals surface area (Å²) in [6.45, 7) is 4.11. The van der Waals surface area contributed by atoms with Gasteiger partial charge in [0, 0.05) is 23.2 Å². The molecule has 0 atom stereocenters. The van der Waals surface area contributed by atoms with Crippen molar-refractivity contribution in [2.75, 3.05) is 40.0 Å². The number of hydrogen-bond donors (Lipinski definition) is 2. The smallest absolute Gasteiger partial charge is 0.153 e. The molecule has 2 heterocycles. The van der Waals surface area contributed by atoms with Gasteiger partial charge in [-0.05, 0) is 116 Å². The molecule has 0 spiro atoms. The molecule has 0 saturated carbocycles. The molecule has 7 heteroatoms. The molecule has 0 radical (unpaired) electrons. The fourth-order valence-corrected chi connectivity index (χ4v) is 6.34. The summed E-state index contributed by atoms with van der Waals surface area (Å²) >= 11 is 1.65. The number of methoxy groups -OCH3 is 1. The molecule has 2 N–H and O–H groups in total. The number of piperidine rings is 1. The number of aliphatic hydroxyl groups is 2. The Morgan fingerprint density at radius 3 is 2.31 bits per heavy atom. The van der Waals surface area contributed by atoms with Gasteiger partial charge in [-0.3, -0.25) is 4.90 Å². The fourth-order valence-electron chi connectivity index (χ4n) is 5.14. The fraction of sp³-hybridized carbons (Fsp3) is 0.375. The van der Waals surface area contributed by atoms with Crippen LogP contribution in [0.4, 0.5) is 0 Å². The van der Waals surface area contributed by atoms with E-state index in [1.807, 2.05) is 66.7 Å². The van der Waals surface area contributed by atoms with Crippen LogP contribution >= 0.6 is 11.3 Å². The first kappa shape index (κ1) is 27.5. The van der Waals surface area contributed by atoms with E-state index in [9.17, 15) is 5.11 Å². The largest absolute Gasteiger partial charge is 0.497 e. The van der Waals surface area contributed by atoms with Gasteiger partial charge < -0.3 is 24.4 Å². The lowest BCUT2D eigenvalue weighted by Gasteiger charge is -2.31. The Morgan fingerprint density at radius 1 is 0.897 bits per heavy atom. The Balaban J connectivity index is 1.24. The summed E-state index contributed by atoms with van der Waals surface area (Å²) in [7, 11) is 1.66. The predicted octanol–water partition coefficient (Wildman–Crippen LogP) is 6.72. The average molecular weight is 548 g/mol. The van der Waals surface area contributed by atoms with Crippen LogP contribution in [0, 0.1) is 5.92 Å². The van der Waals surface area contributed by atoms with Crippen LogP contribution in [0.2, 0.25) is 0 Å². The number of fused-ring (bicyclic) bond motifs is 1. The van der Waals surface area contributed by atoms with Crippen molar-refractivity contribution in [3.63, 3.8) is 0 Å². The molecule has 39 heavy (non-hydrogen) atoms. The summed E-state index contributed by atoms with van der Waals surface area (Å²) in [5.41, 5.74) is 1.93. The molecule has 1 aromatic heterocycles. The highest BCUT2D eigenvalue weighted by atomic mass is 32.1. The van der Waals surface area contributed by atoms with Crippen molar-refractivity contribution in [2.24, 2.45) is 5.92 Å². The van der Waals surface area contributed by atoms with Crippen LogP contribution < -0.4 is 14.2 Å². The standard InChI is InChI=1S/C32H37NO5S/c1-36-26-7-5-25(6-8-26)32-31(29-13-4-24(22-35)21-30(29)39-32)38-28-11-9-27(10-12-28)37-20-18-33-16-14-23(15-17-33)3-2-19-34/h4-13,21,23,34-35H,2-3,14-20,22H2,1H3. The molecule has 0 bridgehead atoms. The van der Waals surface area contributed by atoms with Gasteiger partial charge in [-0.25, -0.2) is 0 Å². The normalized spacial score (nSPS) is 14.5. The Hall–Kier alpha value is -3.10. The lowest BCUT2D eigenvalue weighted by molar-refractivity contribution is 0.146. The number of nitrogens with zero attached hydrogens (tertiary/aromatic N) is 1. The molecule has 1 aliphatic rings. The molecular formula is C32H37NO5S. The van der Waals surface area contributed by atoms with E-state index >= 15 is 0 Å². The third-order valence-electron chi connectivity index (χ3n) is 7.44. The monoisotopic (exact) mass is 547 g/mol. The van der Waals surface area contributed by atoms with Gasteiger partial charge in [-0.1, -0.05) is 6.07 Å². The Morgan fingerprint density at radius 2 is 1.62 bits per heavy atom. The van der Waals surface area contributed by atoms with E-state index in [1.54, 1.807) is 18.4 Å². The highest BCUT2D eigenvalue weighted by Gasteiger charge is 2.19. The number of rotatable bonds is 12. The van der Waals surface area contributed by atoms with E-state index in [2.05, 4.69) is 4.90 Å². The molecule has 206 valence electrons. The molecule has 5 rings (SSSR count). The number of thiophene rings is 1. The second-order valence-electron chi connectivity index (χ2n) is 10.1. The molecule has 3 aromatic carbocycles. The van der Waals surface area contributed by atoms with Crippen LogP contribution in [-0.2, 0) is 6.61 Å². The number of hydrogen-bond acceptors (Lipinski definition) is 7. The van der Waals surface area contributed by atoms with E-state index in [1.165, 1.54) is 12.8 Å². The van der Waals surface area contributed by atoms with Gasteiger partial charge in [-0.2, -0.15) is 0 Å². The van der Waals surface area contributed by atoms with E-state index in [4.69, 9.17) is 19.3 Å². The molecule has 1 aliphatic heterocycles. The first-order valence-corrected chi connectivity index (χ1v) is 14.5. The first-order valence-electron chi connectivity index (χ1n) is 13.7. The first-order chi connectivity index (χ1) is 19.2. The molecule has 0 unspecified atom stereocenters. The van der Waals surface area contributed by atoms with Crippen LogP contribution in [0.3, 0.4) is 0 Å².